The Balaban J connectivity index is 1.46. The molecule has 0 spiro atoms. The molecule has 0 aromatic carbocycles. The molecule has 25 heavy (non-hydrogen) atoms. The maximum absolute atomic E-state index is 12.9. The minimum atomic E-state index is 0.0176. The summed E-state index contributed by atoms with van der Waals surface area (Å²) in [5.74, 6) is 3.20. The summed E-state index contributed by atoms with van der Waals surface area (Å²) in [4.78, 5) is 14.8. The van der Waals surface area contributed by atoms with E-state index in [1.165, 1.54) is 12.8 Å². The zero-order valence-corrected chi connectivity index (χ0v) is 14.8. The zero-order valence-electron chi connectivity index (χ0n) is 14.8. The molecule has 1 saturated carbocycles. The second-order valence-electron chi connectivity index (χ2n) is 7.08. The normalized spacial score (nSPS) is 20.4. The molecule has 4 rings (SSSR count). The topological polar surface area (TPSA) is 73.4 Å². The van der Waals surface area contributed by atoms with Crippen LogP contribution in [0.1, 0.15) is 47.5 Å². The molecular formula is C18H24N4O3. The third-order valence-corrected chi connectivity index (χ3v) is 5.11. The Labute approximate surface area is 147 Å². The molecule has 0 saturated heterocycles. The first-order chi connectivity index (χ1) is 12.1. The molecule has 0 N–H and O–H groups in total. The number of hydrogen-bond donors (Lipinski definition) is 0. The van der Waals surface area contributed by atoms with E-state index in [-0.39, 0.29) is 11.9 Å². The van der Waals surface area contributed by atoms with Gasteiger partial charge in [0.2, 0.25) is 0 Å². The number of amides is 1. The summed E-state index contributed by atoms with van der Waals surface area (Å²) < 4.78 is 13.2. The summed E-state index contributed by atoms with van der Waals surface area (Å²) in [6.45, 7) is 6.50. The second-order valence-corrected chi connectivity index (χ2v) is 7.08. The van der Waals surface area contributed by atoms with Crippen molar-refractivity contribution in [3.63, 3.8) is 0 Å². The Kier molecular flexibility index (Phi) is 4.33. The Hall–Kier alpha value is -2.15. The van der Waals surface area contributed by atoms with Crippen LogP contribution < -0.4 is 0 Å². The second kappa shape index (κ2) is 6.63. The lowest BCUT2D eigenvalue weighted by molar-refractivity contribution is 0.0692. The number of hydrogen-bond acceptors (Lipinski definition) is 5. The number of carbonyl (C=O) groups is 1. The van der Waals surface area contributed by atoms with E-state index in [9.17, 15) is 4.79 Å². The van der Waals surface area contributed by atoms with Crippen LogP contribution in [0.2, 0.25) is 0 Å². The Morgan fingerprint density at radius 3 is 2.92 bits per heavy atom. The van der Waals surface area contributed by atoms with Gasteiger partial charge in [0.1, 0.15) is 18.2 Å². The van der Waals surface area contributed by atoms with Crippen LogP contribution in [0.4, 0.5) is 0 Å². The first kappa shape index (κ1) is 16.3. The predicted molar refractivity (Wildman–Crippen MR) is 90.0 cm³/mol. The average molecular weight is 344 g/mol. The largest absolute Gasteiger partial charge is 0.469 e. The maximum atomic E-state index is 12.9. The van der Waals surface area contributed by atoms with Crippen LogP contribution in [-0.2, 0) is 24.3 Å². The van der Waals surface area contributed by atoms with Gasteiger partial charge in [-0.2, -0.15) is 0 Å². The van der Waals surface area contributed by atoms with Crippen LogP contribution in [0, 0.1) is 12.8 Å². The molecule has 1 fully saturated rings. The monoisotopic (exact) mass is 344 g/mol. The first-order valence-electron chi connectivity index (χ1n) is 8.97. The lowest BCUT2D eigenvalue weighted by atomic mass is 10.1. The van der Waals surface area contributed by atoms with Crippen molar-refractivity contribution in [3.8, 4) is 0 Å². The van der Waals surface area contributed by atoms with E-state index in [0.717, 1.165) is 24.2 Å². The molecule has 1 atom stereocenters. The van der Waals surface area contributed by atoms with Crippen molar-refractivity contribution in [2.75, 3.05) is 13.2 Å². The molecule has 2 aliphatic rings. The highest BCUT2D eigenvalue weighted by Gasteiger charge is 2.29. The van der Waals surface area contributed by atoms with Crippen molar-refractivity contribution in [1.82, 2.24) is 19.7 Å². The van der Waals surface area contributed by atoms with Crippen molar-refractivity contribution in [1.29, 1.82) is 0 Å². The van der Waals surface area contributed by atoms with Gasteiger partial charge in [-0.25, -0.2) is 0 Å². The van der Waals surface area contributed by atoms with Crippen molar-refractivity contribution in [2.24, 2.45) is 5.92 Å². The molecular weight excluding hydrogens is 320 g/mol. The fourth-order valence-corrected chi connectivity index (χ4v) is 3.36. The van der Waals surface area contributed by atoms with Gasteiger partial charge in [-0.15, -0.1) is 10.2 Å². The van der Waals surface area contributed by atoms with Gasteiger partial charge < -0.3 is 18.6 Å². The van der Waals surface area contributed by atoms with Gasteiger partial charge >= 0.3 is 0 Å². The highest BCUT2D eigenvalue weighted by Crippen LogP contribution is 2.29. The highest BCUT2D eigenvalue weighted by atomic mass is 16.5. The third kappa shape index (κ3) is 3.33. The van der Waals surface area contributed by atoms with Crippen molar-refractivity contribution < 1.29 is 13.9 Å². The van der Waals surface area contributed by atoms with Crippen LogP contribution in [0.5, 0.6) is 0 Å². The van der Waals surface area contributed by atoms with Crippen LogP contribution in [-0.4, -0.2) is 44.8 Å². The number of nitrogens with zero attached hydrogens (tertiary/aromatic N) is 4. The summed E-state index contributed by atoms with van der Waals surface area (Å²) in [6, 6.07) is 1.81. The lowest BCUT2D eigenvalue weighted by Gasteiger charge is -2.26. The maximum Gasteiger partial charge on any atom is 0.257 e. The first-order valence-corrected chi connectivity index (χ1v) is 8.97. The van der Waals surface area contributed by atoms with E-state index in [1.807, 2.05) is 11.8 Å². The molecule has 1 amide bonds. The molecule has 3 heterocycles. The molecule has 2 aromatic heterocycles. The number of furan rings is 1. The minimum absolute atomic E-state index is 0.0176. The number of aromatic nitrogens is 3. The summed E-state index contributed by atoms with van der Waals surface area (Å²) in [6.07, 6.45) is 4.81. The number of fused-ring (bicyclic) bond motifs is 1. The Bertz CT molecular complexity index is 762. The number of ether oxygens (including phenoxy) is 1. The SMILES string of the molecule is Cc1occc1C(=O)N1CCn2c(COCC3CC3)nnc2CC1C. The average Bonchev–Trinajstić information content (AvgIpc) is 3.24. The molecule has 2 aromatic rings. The van der Waals surface area contributed by atoms with Crippen molar-refractivity contribution in [3.05, 3.63) is 35.3 Å². The van der Waals surface area contributed by atoms with Gasteiger partial charge in [0.05, 0.1) is 11.8 Å². The van der Waals surface area contributed by atoms with Gasteiger partial charge in [-0.05, 0) is 38.7 Å². The zero-order chi connectivity index (χ0) is 17.4. The van der Waals surface area contributed by atoms with Gasteiger partial charge in [-0.1, -0.05) is 0 Å². The highest BCUT2D eigenvalue weighted by molar-refractivity contribution is 5.95. The predicted octanol–water partition coefficient (Wildman–Crippen LogP) is 2.19. The van der Waals surface area contributed by atoms with E-state index in [0.29, 0.717) is 37.4 Å². The minimum Gasteiger partial charge on any atom is -0.469 e. The van der Waals surface area contributed by atoms with Crippen molar-refractivity contribution in [2.45, 2.75) is 52.3 Å². The van der Waals surface area contributed by atoms with Crippen LogP contribution in [0.25, 0.3) is 0 Å². The molecule has 1 unspecified atom stereocenters. The summed E-state index contributed by atoms with van der Waals surface area (Å²) in [5, 5.41) is 8.63. The van der Waals surface area contributed by atoms with Crippen LogP contribution in [0.3, 0.4) is 0 Å². The number of aryl methyl sites for hydroxylation is 1. The van der Waals surface area contributed by atoms with Crippen molar-refractivity contribution >= 4 is 5.91 Å². The van der Waals surface area contributed by atoms with E-state index in [4.69, 9.17) is 9.15 Å². The summed E-state index contributed by atoms with van der Waals surface area (Å²) in [7, 11) is 0. The van der Waals surface area contributed by atoms with E-state index in [2.05, 4.69) is 21.7 Å². The summed E-state index contributed by atoms with van der Waals surface area (Å²) in [5.41, 5.74) is 0.637. The van der Waals surface area contributed by atoms with Crippen LogP contribution in [0.15, 0.2) is 16.7 Å². The van der Waals surface area contributed by atoms with E-state index < -0.39 is 0 Å². The van der Waals surface area contributed by atoms with Gasteiger partial charge in [0.15, 0.2) is 5.82 Å². The quantitative estimate of drug-likeness (QED) is 0.831. The molecule has 0 bridgehead atoms. The van der Waals surface area contributed by atoms with Crippen LogP contribution >= 0.6 is 0 Å². The standard InChI is InChI=1S/C18H24N4O3/c1-12-9-16-19-20-17(11-24-10-14-3-4-14)22(16)7-6-21(12)18(23)15-5-8-25-13(15)2/h5,8,12,14H,3-4,6-7,9-11H2,1-2H3. The molecule has 7 heteroatoms. The fraction of sp³-hybridized carbons (Fsp3) is 0.611. The van der Waals surface area contributed by atoms with E-state index >= 15 is 0 Å². The molecule has 134 valence electrons. The van der Waals surface area contributed by atoms with Gasteiger partial charge in [0.25, 0.3) is 5.91 Å². The Morgan fingerprint density at radius 2 is 2.20 bits per heavy atom. The number of rotatable bonds is 5. The molecule has 1 aliphatic carbocycles. The van der Waals surface area contributed by atoms with Gasteiger partial charge in [0, 0.05) is 32.2 Å². The molecule has 1 aliphatic heterocycles. The number of carbonyl (C=O) groups excluding carboxylic acids is 1. The summed E-state index contributed by atoms with van der Waals surface area (Å²) >= 11 is 0. The van der Waals surface area contributed by atoms with E-state index in [1.54, 1.807) is 12.3 Å². The molecule has 7 nitrogen and oxygen atoms in total. The Morgan fingerprint density at radius 1 is 1.36 bits per heavy atom. The van der Waals surface area contributed by atoms with Gasteiger partial charge in [-0.3, -0.25) is 4.79 Å². The smallest absolute Gasteiger partial charge is 0.257 e. The molecule has 0 radical (unpaired) electrons. The fourth-order valence-electron chi connectivity index (χ4n) is 3.36. The lowest BCUT2D eigenvalue weighted by Crippen LogP contribution is -2.40. The third-order valence-electron chi connectivity index (χ3n) is 5.11.